The fraction of sp³-hybridized carbons (Fsp3) is 0.182. The first-order chi connectivity index (χ1) is 7.72. The van der Waals surface area contributed by atoms with E-state index < -0.39 is 6.04 Å². The molecule has 16 heavy (non-hydrogen) atoms. The molecule has 5 heteroatoms. The van der Waals surface area contributed by atoms with E-state index >= 15 is 0 Å². The first kappa shape index (κ1) is 11.0. The van der Waals surface area contributed by atoms with E-state index in [1.807, 2.05) is 5.38 Å². The predicted molar refractivity (Wildman–Crippen MR) is 61.1 cm³/mol. The highest BCUT2D eigenvalue weighted by atomic mass is 32.1. The molecule has 2 rings (SSSR count). The Labute approximate surface area is 96.7 Å². The van der Waals surface area contributed by atoms with Crippen molar-refractivity contribution in [3.63, 3.8) is 0 Å². The van der Waals surface area contributed by atoms with Crippen LogP contribution in [0.15, 0.2) is 29.1 Å². The van der Waals surface area contributed by atoms with Gasteiger partial charge in [-0.05, 0) is 6.07 Å². The van der Waals surface area contributed by atoms with Gasteiger partial charge in [0.1, 0.15) is 11.6 Å². The van der Waals surface area contributed by atoms with Crippen LogP contribution in [0.2, 0.25) is 0 Å². The van der Waals surface area contributed by atoms with Gasteiger partial charge in [0, 0.05) is 17.0 Å². The summed E-state index contributed by atoms with van der Waals surface area (Å²) in [7, 11) is 1.49. The van der Waals surface area contributed by atoms with E-state index in [0.29, 0.717) is 17.0 Å². The lowest BCUT2D eigenvalue weighted by atomic mass is 10.0. The maximum Gasteiger partial charge on any atom is 0.132 e. The highest BCUT2D eigenvalue weighted by Gasteiger charge is 2.15. The Bertz CT molecular complexity index is 473. The van der Waals surface area contributed by atoms with E-state index in [2.05, 4.69) is 4.98 Å². The minimum Gasteiger partial charge on any atom is -0.497 e. The second-order valence-corrected chi connectivity index (χ2v) is 4.00. The second kappa shape index (κ2) is 4.59. The van der Waals surface area contributed by atoms with Gasteiger partial charge in [-0.25, -0.2) is 9.37 Å². The Kier molecular flexibility index (Phi) is 3.17. The number of hydrogen-bond acceptors (Lipinski definition) is 4. The van der Waals surface area contributed by atoms with E-state index in [1.165, 1.54) is 24.5 Å². The quantitative estimate of drug-likeness (QED) is 0.892. The van der Waals surface area contributed by atoms with E-state index in [1.54, 1.807) is 17.6 Å². The van der Waals surface area contributed by atoms with Crippen LogP contribution in [-0.2, 0) is 0 Å². The third-order valence-electron chi connectivity index (χ3n) is 2.31. The molecule has 84 valence electrons. The lowest BCUT2D eigenvalue weighted by Gasteiger charge is -2.11. The highest BCUT2D eigenvalue weighted by Crippen LogP contribution is 2.24. The molecule has 2 aromatic rings. The number of ether oxygens (including phenoxy) is 1. The van der Waals surface area contributed by atoms with Gasteiger partial charge in [-0.1, -0.05) is 6.07 Å². The van der Waals surface area contributed by atoms with E-state index in [0.717, 1.165) is 0 Å². The molecular formula is C11H11FN2OS. The maximum absolute atomic E-state index is 13.7. The third-order valence-corrected chi connectivity index (χ3v) is 2.92. The fourth-order valence-corrected chi connectivity index (χ4v) is 2.01. The number of nitrogens with zero attached hydrogens (tertiary/aromatic N) is 1. The molecule has 0 saturated carbocycles. The van der Waals surface area contributed by atoms with Crippen molar-refractivity contribution < 1.29 is 9.13 Å². The average molecular weight is 238 g/mol. The van der Waals surface area contributed by atoms with Gasteiger partial charge in [0.05, 0.1) is 24.4 Å². The monoisotopic (exact) mass is 238 g/mol. The van der Waals surface area contributed by atoms with Crippen molar-refractivity contribution in [2.45, 2.75) is 6.04 Å². The Morgan fingerprint density at radius 3 is 2.88 bits per heavy atom. The van der Waals surface area contributed by atoms with Gasteiger partial charge < -0.3 is 10.5 Å². The van der Waals surface area contributed by atoms with Crippen LogP contribution < -0.4 is 10.5 Å². The first-order valence-electron chi connectivity index (χ1n) is 4.69. The fourth-order valence-electron chi connectivity index (χ4n) is 1.42. The smallest absolute Gasteiger partial charge is 0.132 e. The Balaban J connectivity index is 2.34. The molecule has 1 aromatic carbocycles. The number of hydrogen-bond donors (Lipinski definition) is 1. The summed E-state index contributed by atoms with van der Waals surface area (Å²) in [6, 6.07) is 4.10. The number of benzene rings is 1. The van der Waals surface area contributed by atoms with Gasteiger partial charge >= 0.3 is 0 Å². The van der Waals surface area contributed by atoms with Crippen LogP contribution in [0.25, 0.3) is 0 Å². The van der Waals surface area contributed by atoms with E-state index in [9.17, 15) is 4.39 Å². The number of rotatable bonds is 3. The molecular weight excluding hydrogens is 227 g/mol. The van der Waals surface area contributed by atoms with Crippen LogP contribution in [0.4, 0.5) is 4.39 Å². The summed E-state index contributed by atoms with van der Waals surface area (Å²) in [5.74, 6) is 0.103. The van der Waals surface area contributed by atoms with Gasteiger partial charge in [0.2, 0.25) is 0 Å². The van der Waals surface area contributed by atoms with Crippen LogP contribution in [0.1, 0.15) is 17.3 Å². The van der Waals surface area contributed by atoms with Crippen LogP contribution >= 0.6 is 11.3 Å². The molecule has 1 unspecified atom stereocenters. The molecule has 1 atom stereocenters. The standard InChI is InChI=1S/C11H11FN2OS/c1-15-7-2-3-8(9(12)4-7)11(13)10-5-16-6-14-10/h2-6,11H,13H2,1H3. The van der Waals surface area contributed by atoms with Crippen molar-refractivity contribution in [2.24, 2.45) is 5.73 Å². The lowest BCUT2D eigenvalue weighted by Crippen LogP contribution is -2.13. The largest absolute Gasteiger partial charge is 0.497 e. The highest BCUT2D eigenvalue weighted by molar-refractivity contribution is 7.07. The van der Waals surface area contributed by atoms with E-state index in [-0.39, 0.29) is 5.82 Å². The Morgan fingerprint density at radius 1 is 1.50 bits per heavy atom. The first-order valence-corrected chi connectivity index (χ1v) is 5.63. The predicted octanol–water partition coefficient (Wildman–Crippen LogP) is 2.34. The number of nitrogens with two attached hydrogens (primary N) is 1. The van der Waals surface area contributed by atoms with Crippen molar-refractivity contribution in [1.29, 1.82) is 0 Å². The molecule has 1 heterocycles. The maximum atomic E-state index is 13.7. The molecule has 2 N–H and O–H groups in total. The molecule has 0 bridgehead atoms. The molecule has 0 amide bonds. The molecule has 3 nitrogen and oxygen atoms in total. The lowest BCUT2D eigenvalue weighted by molar-refractivity contribution is 0.410. The summed E-state index contributed by atoms with van der Waals surface area (Å²) in [6.45, 7) is 0. The van der Waals surface area contributed by atoms with Crippen LogP contribution in [0.3, 0.4) is 0 Å². The van der Waals surface area contributed by atoms with Gasteiger partial charge in [-0.15, -0.1) is 11.3 Å². The zero-order valence-electron chi connectivity index (χ0n) is 8.68. The molecule has 0 saturated heterocycles. The topological polar surface area (TPSA) is 48.1 Å². The van der Waals surface area contributed by atoms with Gasteiger partial charge in [0.15, 0.2) is 0 Å². The molecule has 0 aliphatic carbocycles. The summed E-state index contributed by atoms with van der Waals surface area (Å²) in [4.78, 5) is 4.07. The molecule has 1 aromatic heterocycles. The van der Waals surface area contributed by atoms with Crippen LogP contribution in [-0.4, -0.2) is 12.1 Å². The van der Waals surface area contributed by atoms with Crippen LogP contribution in [0, 0.1) is 5.82 Å². The number of aromatic nitrogens is 1. The van der Waals surface area contributed by atoms with Crippen molar-refractivity contribution in [1.82, 2.24) is 4.98 Å². The second-order valence-electron chi connectivity index (χ2n) is 3.28. The summed E-state index contributed by atoms with van der Waals surface area (Å²) in [6.07, 6.45) is 0. The molecule has 0 radical (unpaired) electrons. The summed E-state index contributed by atoms with van der Waals surface area (Å²) < 4.78 is 18.6. The SMILES string of the molecule is COc1ccc(C(N)c2cscn2)c(F)c1. The van der Waals surface area contributed by atoms with Crippen molar-refractivity contribution >= 4 is 11.3 Å². The Morgan fingerprint density at radius 2 is 2.31 bits per heavy atom. The zero-order valence-corrected chi connectivity index (χ0v) is 9.50. The van der Waals surface area contributed by atoms with E-state index in [4.69, 9.17) is 10.5 Å². The summed E-state index contributed by atoms with van der Waals surface area (Å²) in [5, 5.41) is 1.81. The number of halogens is 1. The zero-order chi connectivity index (χ0) is 11.5. The van der Waals surface area contributed by atoms with Crippen LogP contribution in [0.5, 0.6) is 5.75 Å². The van der Waals surface area contributed by atoms with Gasteiger partial charge in [-0.2, -0.15) is 0 Å². The average Bonchev–Trinajstić information content (AvgIpc) is 2.81. The normalized spacial score (nSPS) is 12.4. The minimum absolute atomic E-state index is 0.375. The van der Waals surface area contributed by atoms with Crippen molar-refractivity contribution in [3.8, 4) is 5.75 Å². The summed E-state index contributed by atoms with van der Waals surface area (Å²) in [5.41, 5.74) is 8.69. The molecule has 0 fully saturated rings. The Hall–Kier alpha value is -1.46. The number of thiazole rings is 1. The number of methoxy groups -OCH3 is 1. The minimum atomic E-state index is -0.530. The van der Waals surface area contributed by atoms with Crippen molar-refractivity contribution in [3.05, 3.63) is 46.2 Å². The third kappa shape index (κ3) is 2.05. The molecule has 0 aliphatic heterocycles. The van der Waals surface area contributed by atoms with Gasteiger partial charge in [-0.3, -0.25) is 0 Å². The molecule has 0 spiro atoms. The van der Waals surface area contributed by atoms with Gasteiger partial charge in [0.25, 0.3) is 0 Å². The van der Waals surface area contributed by atoms with Crippen molar-refractivity contribution in [2.75, 3.05) is 7.11 Å². The molecule has 0 aliphatic rings. The summed E-state index contributed by atoms with van der Waals surface area (Å²) >= 11 is 1.44.